The van der Waals surface area contributed by atoms with E-state index in [-0.39, 0.29) is 5.78 Å². The van der Waals surface area contributed by atoms with E-state index in [1.807, 2.05) is 19.1 Å². The summed E-state index contributed by atoms with van der Waals surface area (Å²) in [5.41, 5.74) is 3.04. The summed E-state index contributed by atoms with van der Waals surface area (Å²) in [5.74, 6) is 0.0789. The first kappa shape index (κ1) is 14.8. The van der Waals surface area contributed by atoms with E-state index in [1.165, 1.54) is 0 Å². The van der Waals surface area contributed by atoms with Crippen LogP contribution in [0.3, 0.4) is 0 Å². The average molecular weight is 254 g/mol. The van der Waals surface area contributed by atoms with Gasteiger partial charge in [-0.3, -0.25) is 4.79 Å². The molecule has 0 radical (unpaired) electrons. The Morgan fingerprint density at radius 2 is 1.89 bits per heavy atom. The highest BCUT2D eigenvalue weighted by molar-refractivity contribution is 6.09. The Hall–Kier alpha value is -2.29. The second kappa shape index (κ2) is 7.21. The van der Waals surface area contributed by atoms with Gasteiger partial charge in [0.05, 0.1) is 11.9 Å². The molecule has 0 atom stereocenters. The molecule has 3 nitrogen and oxygen atoms in total. The quantitative estimate of drug-likeness (QED) is 0.540. The molecule has 0 aromatic carbocycles. The summed E-state index contributed by atoms with van der Waals surface area (Å²) in [6, 6.07) is 0. The lowest BCUT2D eigenvalue weighted by Gasteiger charge is -2.07. The molecule has 3 heteroatoms. The SMILES string of the molecule is C=C/C=C(\C=C/C)N=NC=C1C=C(C)C(=O)C(C)=C1. The zero-order chi connectivity index (χ0) is 14.3. The summed E-state index contributed by atoms with van der Waals surface area (Å²) in [6.07, 6.45) is 12.4. The molecule has 0 aliphatic heterocycles. The van der Waals surface area contributed by atoms with Gasteiger partial charge in [-0.1, -0.05) is 18.7 Å². The minimum absolute atomic E-state index is 0.0789. The monoisotopic (exact) mass is 254 g/mol. The van der Waals surface area contributed by atoms with Gasteiger partial charge in [0.1, 0.15) is 0 Å². The highest BCUT2D eigenvalue weighted by Gasteiger charge is 2.12. The maximum atomic E-state index is 11.6. The summed E-state index contributed by atoms with van der Waals surface area (Å²) in [6.45, 7) is 9.13. The zero-order valence-electron chi connectivity index (χ0n) is 11.6. The van der Waals surface area contributed by atoms with Crippen molar-refractivity contribution in [2.24, 2.45) is 10.2 Å². The molecule has 1 rings (SSSR count). The fraction of sp³-hybridized carbons (Fsp3) is 0.188. The maximum Gasteiger partial charge on any atom is 0.184 e. The normalized spacial score (nSPS) is 16.9. The number of azo groups is 1. The number of allylic oxidation sites excluding steroid dienone is 9. The van der Waals surface area contributed by atoms with Gasteiger partial charge in [0.25, 0.3) is 0 Å². The van der Waals surface area contributed by atoms with Crippen LogP contribution in [0.2, 0.25) is 0 Å². The molecule has 0 spiro atoms. The standard InChI is InChI=1S/C16H18N2O/c1-5-7-15(8-6-2)18-17-11-14-9-12(3)16(19)13(4)10-14/h5-11H,1H2,2-4H3/b8-6-,15-7+,18-17?. The fourth-order valence-corrected chi connectivity index (χ4v) is 1.63. The van der Waals surface area contributed by atoms with Crippen LogP contribution in [0.15, 0.2) is 81.9 Å². The van der Waals surface area contributed by atoms with E-state index in [1.54, 1.807) is 44.4 Å². The van der Waals surface area contributed by atoms with Crippen LogP contribution in [0.25, 0.3) is 0 Å². The third-order valence-corrected chi connectivity index (χ3v) is 2.49. The first-order valence-corrected chi connectivity index (χ1v) is 6.06. The van der Waals surface area contributed by atoms with Crippen LogP contribution in [0.1, 0.15) is 20.8 Å². The van der Waals surface area contributed by atoms with Crippen LogP contribution >= 0.6 is 0 Å². The molecule has 98 valence electrons. The number of nitrogens with zero attached hydrogens (tertiary/aromatic N) is 2. The van der Waals surface area contributed by atoms with E-state index in [9.17, 15) is 4.79 Å². The lowest BCUT2D eigenvalue weighted by Crippen LogP contribution is -2.05. The number of Topliss-reactive ketones (excluding diaryl/α,β-unsaturated/α-hetero) is 1. The third-order valence-electron chi connectivity index (χ3n) is 2.49. The van der Waals surface area contributed by atoms with E-state index in [0.717, 1.165) is 22.4 Å². The Bertz CT molecular complexity index is 531. The van der Waals surface area contributed by atoms with Crippen molar-refractivity contribution < 1.29 is 4.79 Å². The van der Waals surface area contributed by atoms with Gasteiger partial charge in [-0.2, -0.15) is 10.2 Å². The predicted octanol–water partition coefficient (Wildman–Crippen LogP) is 4.44. The van der Waals surface area contributed by atoms with Crippen molar-refractivity contribution in [3.05, 3.63) is 71.7 Å². The van der Waals surface area contributed by atoms with Gasteiger partial charge in [-0.15, -0.1) is 0 Å². The van der Waals surface area contributed by atoms with Crippen molar-refractivity contribution in [3.63, 3.8) is 0 Å². The highest BCUT2D eigenvalue weighted by atomic mass is 16.1. The number of ketones is 1. The molecule has 0 fully saturated rings. The van der Waals surface area contributed by atoms with Crippen molar-refractivity contribution in [2.45, 2.75) is 20.8 Å². The van der Waals surface area contributed by atoms with Gasteiger partial charge < -0.3 is 0 Å². The summed E-state index contributed by atoms with van der Waals surface area (Å²) < 4.78 is 0. The molecule has 0 unspecified atom stereocenters. The van der Waals surface area contributed by atoms with E-state index in [4.69, 9.17) is 0 Å². The number of rotatable bonds is 4. The number of hydrogen-bond acceptors (Lipinski definition) is 3. The zero-order valence-corrected chi connectivity index (χ0v) is 11.6. The van der Waals surface area contributed by atoms with Crippen LogP contribution < -0.4 is 0 Å². The molecular formula is C16H18N2O. The third kappa shape index (κ3) is 4.47. The molecule has 0 aromatic rings. The molecule has 0 saturated carbocycles. The molecular weight excluding hydrogens is 236 g/mol. The molecule has 0 aromatic heterocycles. The highest BCUT2D eigenvalue weighted by Crippen LogP contribution is 2.18. The van der Waals surface area contributed by atoms with Crippen LogP contribution in [-0.2, 0) is 4.79 Å². The van der Waals surface area contributed by atoms with Crippen molar-refractivity contribution >= 4 is 5.78 Å². The lowest BCUT2D eigenvalue weighted by atomic mass is 9.96. The Kier molecular flexibility index (Phi) is 5.61. The number of carbonyl (C=O) groups is 1. The van der Waals surface area contributed by atoms with Crippen molar-refractivity contribution in [3.8, 4) is 0 Å². The van der Waals surface area contributed by atoms with E-state index < -0.39 is 0 Å². The summed E-state index contributed by atoms with van der Waals surface area (Å²) in [7, 11) is 0. The minimum Gasteiger partial charge on any atom is -0.289 e. The molecule has 0 bridgehead atoms. The second-order valence-electron chi connectivity index (χ2n) is 4.16. The first-order valence-electron chi connectivity index (χ1n) is 6.06. The Labute approximate surface area is 114 Å². The fourth-order valence-electron chi connectivity index (χ4n) is 1.63. The van der Waals surface area contributed by atoms with Gasteiger partial charge in [0, 0.05) is 0 Å². The van der Waals surface area contributed by atoms with E-state index in [2.05, 4.69) is 16.8 Å². The number of carbonyl (C=O) groups excluding carboxylic acids is 1. The van der Waals surface area contributed by atoms with E-state index >= 15 is 0 Å². The van der Waals surface area contributed by atoms with E-state index in [0.29, 0.717) is 0 Å². The number of hydrogen-bond donors (Lipinski definition) is 0. The van der Waals surface area contributed by atoms with Crippen molar-refractivity contribution in [2.75, 3.05) is 0 Å². The van der Waals surface area contributed by atoms with Gasteiger partial charge in [0.2, 0.25) is 0 Å². The smallest absolute Gasteiger partial charge is 0.184 e. The molecule has 19 heavy (non-hydrogen) atoms. The molecule has 1 aliphatic rings. The van der Waals surface area contributed by atoms with Gasteiger partial charge in [-0.05, 0) is 61.8 Å². The maximum absolute atomic E-state index is 11.6. The van der Waals surface area contributed by atoms with Crippen LogP contribution in [0.5, 0.6) is 0 Å². The summed E-state index contributed by atoms with van der Waals surface area (Å²) >= 11 is 0. The van der Waals surface area contributed by atoms with Gasteiger partial charge in [0.15, 0.2) is 5.78 Å². The minimum atomic E-state index is 0.0789. The predicted molar refractivity (Wildman–Crippen MR) is 78.6 cm³/mol. The van der Waals surface area contributed by atoms with Crippen LogP contribution in [0.4, 0.5) is 0 Å². The van der Waals surface area contributed by atoms with Gasteiger partial charge >= 0.3 is 0 Å². The average Bonchev–Trinajstić information content (AvgIpc) is 2.36. The largest absolute Gasteiger partial charge is 0.289 e. The van der Waals surface area contributed by atoms with Gasteiger partial charge in [-0.25, -0.2) is 0 Å². The molecule has 0 heterocycles. The topological polar surface area (TPSA) is 41.8 Å². The Balaban J connectivity index is 2.90. The van der Waals surface area contributed by atoms with Crippen molar-refractivity contribution in [1.29, 1.82) is 0 Å². The van der Waals surface area contributed by atoms with Crippen LogP contribution in [0, 0.1) is 0 Å². The van der Waals surface area contributed by atoms with Crippen LogP contribution in [-0.4, -0.2) is 5.78 Å². The molecule has 0 amide bonds. The second-order valence-corrected chi connectivity index (χ2v) is 4.16. The Morgan fingerprint density at radius 1 is 1.26 bits per heavy atom. The summed E-state index contributed by atoms with van der Waals surface area (Å²) in [4.78, 5) is 11.6. The first-order chi connectivity index (χ1) is 9.08. The Morgan fingerprint density at radius 3 is 2.42 bits per heavy atom. The molecule has 0 saturated heterocycles. The molecule has 0 N–H and O–H groups in total. The lowest BCUT2D eigenvalue weighted by molar-refractivity contribution is -0.112. The van der Waals surface area contributed by atoms with Crippen molar-refractivity contribution in [1.82, 2.24) is 0 Å². The summed E-state index contributed by atoms with van der Waals surface area (Å²) in [5, 5.41) is 8.10. The molecule has 1 aliphatic carbocycles.